The number of hydrogen-bond acceptors (Lipinski definition) is 2. The van der Waals surface area contributed by atoms with Crippen LogP contribution in [0.1, 0.15) is 24.0 Å². The van der Waals surface area contributed by atoms with Gasteiger partial charge in [0.15, 0.2) is 5.96 Å². The van der Waals surface area contributed by atoms with Crippen molar-refractivity contribution in [3.63, 3.8) is 0 Å². The van der Waals surface area contributed by atoms with Crippen molar-refractivity contribution in [1.29, 1.82) is 0 Å². The van der Waals surface area contributed by atoms with Crippen molar-refractivity contribution in [2.24, 2.45) is 4.99 Å². The predicted octanol–water partition coefficient (Wildman–Crippen LogP) is 1.66. The molecule has 0 saturated carbocycles. The first-order chi connectivity index (χ1) is 10.7. The Hall–Kier alpha value is -2.30. The van der Waals surface area contributed by atoms with E-state index in [-0.39, 0.29) is 5.91 Å². The van der Waals surface area contributed by atoms with Crippen LogP contribution in [0, 0.1) is 0 Å². The molecule has 0 fully saturated rings. The summed E-state index contributed by atoms with van der Waals surface area (Å²) in [6, 6.07) is 8.25. The Morgan fingerprint density at radius 2 is 2.00 bits per heavy atom. The van der Waals surface area contributed by atoms with Gasteiger partial charge >= 0.3 is 0 Å². The number of carbonyl (C=O) groups is 1. The van der Waals surface area contributed by atoms with Gasteiger partial charge in [0.1, 0.15) is 0 Å². The van der Waals surface area contributed by atoms with E-state index in [0.29, 0.717) is 13.0 Å². The van der Waals surface area contributed by atoms with Crippen LogP contribution >= 0.6 is 0 Å². The molecule has 0 aromatic heterocycles. The highest BCUT2D eigenvalue weighted by Gasteiger charge is 2.22. The van der Waals surface area contributed by atoms with Crippen molar-refractivity contribution >= 4 is 11.9 Å². The quantitative estimate of drug-likeness (QED) is 0.364. The van der Waals surface area contributed by atoms with Crippen molar-refractivity contribution in [1.82, 2.24) is 15.5 Å². The molecule has 1 aromatic rings. The van der Waals surface area contributed by atoms with Gasteiger partial charge in [-0.15, -0.1) is 6.58 Å². The summed E-state index contributed by atoms with van der Waals surface area (Å²) in [6.45, 7) is 6.53. The summed E-state index contributed by atoms with van der Waals surface area (Å²) in [6.07, 6.45) is 3.13. The lowest BCUT2D eigenvalue weighted by Crippen LogP contribution is -2.38. The maximum Gasteiger partial charge on any atom is 0.223 e. The minimum Gasteiger partial charge on any atom is -0.356 e. The molecule has 5 heteroatoms. The summed E-state index contributed by atoms with van der Waals surface area (Å²) in [5.41, 5.74) is 2.53. The van der Waals surface area contributed by atoms with Gasteiger partial charge in [-0.25, -0.2) is 0 Å². The van der Waals surface area contributed by atoms with Crippen molar-refractivity contribution in [2.75, 3.05) is 20.1 Å². The standard InChI is InChI=1S/C17H24N4O/c1-3-10-19-17(18-2)20-11-6-9-16(22)21-12-14-7-4-5-8-15(14)13-21/h3-5,7-8H,1,6,9-13H2,2H3,(H2,18,19,20). The fourth-order valence-electron chi connectivity index (χ4n) is 2.50. The number of hydrogen-bond donors (Lipinski definition) is 2. The number of aliphatic imine (C=N–C) groups is 1. The molecule has 0 aliphatic carbocycles. The van der Waals surface area contributed by atoms with E-state index < -0.39 is 0 Å². The fourth-order valence-corrected chi connectivity index (χ4v) is 2.50. The van der Waals surface area contributed by atoms with Crippen LogP contribution in [0.4, 0.5) is 0 Å². The number of guanidine groups is 1. The summed E-state index contributed by atoms with van der Waals surface area (Å²) in [7, 11) is 1.73. The topological polar surface area (TPSA) is 56.7 Å². The molecule has 0 atom stereocenters. The third kappa shape index (κ3) is 4.35. The number of rotatable bonds is 6. The zero-order chi connectivity index (χ0) is 15.8. The molecule has 0 bridgehead atoms. The van der Waals surface area contributed by atoms with Crippen molar-refractivity contribution < 1.29 is 4.79 Å². The van der Waals surface area contributed by atoms with E-state index in [9.17, 15) is 4.79 Å². The monoisotopic (exact) mass is 300 g/mol. The lowest BCUT2D eigenvalue weighted by atomic mass is 10.1. The van der Waals surface area contributed by atoms with Crippen molar-refractivity contribution in [3.05, 3.63) is 48.0 Å². The number of nitrogens with one attached hydrogen (secondary N) is 2. The number of amides is 1. The molecule has 1 aromatic carbocycles. The van der Waals surface area contributed by atoms with Gasteiger partial charge in [0.05, 0.1) is 0 Å². The van der Waals surface area contributed by atoms with Gasteiger partial charge in [-0.05, 0) is 17.5 Å². The van der Waals surface area contributed by atoms with E-state index in [2.05, 4.69) is 34.3 Å². The van der Waals surface area contributed by atoms with E-state index in [1.165, 1.54) is 11.1 Å². The molecule has 1 aliphatic rings. The molecule has 0 unspecified atom stereocenters. The number of fused-ring (bicyclic) bond motifs is 1. The predicted molar refractivity (Wildman–Crippen MR) is 89.5 cm³/mol. The molecule has 0 saturated heterocycles. The maximum atomic E-state index is 12.2. The fraction of sp³-hybridized carbons (Fsp3) is 0.412. The van der Waals surface area contributed by atoms with Crippen LogP contribution in [-0.4, -0.2) is 36.9 Å². The largest absolute Gasteiger partial charge is 0.356 e. The Bertz CT molecular complexity index is 528. The molecule has 5 nitrogen and oxygen atoms in total. The Kier molecular flexibility index (Phi) is 6.01. The first-order valence-corrected chi connectivity index (χ1v) is 7.64. The Balaban J connectivity index is 1.68. The van der Waals surface area contributed by atoms with E-state index in [0.717, 1.165) is 32.0 Å². The Morgan fingerprint density at radius 1 is 1.32 bits per heavy atom. The second-order valence-electron chi connectivity index (χ2n) is 5.29. The van der Waals surface area contributed by atoms with Crippen LogP contribution in [0.3, 0.4) is 0 Å². The average molecular weight is 300 g/mol. The highest BCUT2D eigenvalue weighted by atomic mass is 16.2. The Morgan fingerprint density at radius 3 is 2.59 bits per heavy atom. The molecule has 1 heterocycles. The van der Waals surface area contributed by atoms with Gasteiger partial charge in [-0.2, -0.15) is 0 Å². The normalized spacial score (nSPS) is 13.7. The smallest absolute Gasteiger partial charge is 0.223 e. The van der Waals surface area contributed by atoms with Gasteiger partial charge in [0.25, 0.3) is 0 Å². The molecule has 0 spiro atoms. The van der Waals surface area contributed by atoms with Crippen LogP contribution in [0.2, 0.25) is 0 Å². The van der Waals surface area contributed by atoms with Crippen molar-refractivity contribution in [2.45, 2.75) is 25.9 Å². The van der Waals surface area contributed by atoms with E-state index in [1.807, 2.05) is 17.0 Å². The third-order valence-corrected chi connectivity index (χ3v) is 3.69. The van der Waals surface area contributed by atoms with Gasteiger partial charge in [0, 0.05) is 39.6 Å². The highest BCUT2D eigenvalue weighted by Crippen LogP contribution is 2.22. The molecule has 2 rings (SSSR count). The van der Waals surface area contributed by atoms with Crippen molar-refractivity contribution in [3.8, 4) is 0 Å². The summed E-state index contributed by atoms with van der Waals surface area (Å²) >= 11 is 0. The van der Waals surface area contributed by atoms with Crippen LogP contribution in [0.15, 0.2) is 41.9 Å². The van der Waals surface area contributed by atoms with E-state index in [1.54, 1.807) is 13.1 Å². The molecule has 2 N–H and O–H groups in total. The molecule has 118 valence electrons. The zero-order valence-corrected chi connectivity index (χ0v) is 13.1. The van der Waals surface area contributed by atoms with Gasteiger partial charge in [0.2, 0.25) is 5.91 Å². The summed E-state index contributed by atoms with van der Waals surface area (Å²) < 4.78 is 0. The van der Waals surface area contributed by atoms with E-state index in [4.69, 9.17) is 0 Å². The zero-order valence-electron chi connectivity index (χ0n) is 13.1. The minimum atomic E-state index is 0.215. The Labute approximate surface area is 132 Å². The lowest BCUT2D eigenvalue weighted by Gasteiger charge is -2.16. The first kappa shape index (κ1) is 16.1. The maximum absolute atomic E-state index is 12.2. The van der Waals surface area contributed by atoms with E-state index >= 15 is 0 Å². The van der Waals surface area contributed by atoms with Crippen LogP contribution in [-0.2, 0) is 17.9 Å². The molecule has 1 amide bonds. The molecular weight excluding hydrogens is 276 g/mol. The summed E-state index contributed by atoms with van der Waals surface area (Å²) in [5, 5.41) is 6.29. The summed E-state index contributed by atoms with van der Waals surface area (Å²) in [5.74, 6) is 0.952. The lowest BCUT2D eigenvalue weighted by molar-refractivity contribution is -0.131. The molecule has 0 radical (unpaired) electrons. The highest BCUT2D eigenvalue weighted by molar-refractivity contribution is 5.80. The first-order valence-electron chi connectivity index (χ1n) is 7.64. The average Bonchev–Trinajstić information content (AvgIpc) is 2.98. The van der Waals surface area contributed by atoms with Crippen LogP contribution in [0.25, 0.3) is 0 Å². The number of carbonyl (C=O) groups excluding carboxylic acids is 1. The molecule has 1 aliphatic heterocycles. The second kappa shape index (κ2) is 8.22. The SMILES string of the molecule is C=CCNC(=NC)NCCCC(=O)N1Cc2ccccc2C1. The minimum absolute atomic E-state index is 0.215. The molecular formula is C17H24N4O. The second-order valence-corrected chi connectivity index (χ2v) is 5.29. The molecule has 22 heavy (non-hydrogen) atoms. The van der Waals surface area contributed by atoms with Crippen LogP contribution < -0.4 is 10.6 Å². The number of nitrogens with zero attached hydrogens (tertiary/aromatic N) is 2. The van der Waals surface area contributed by atoms with Gasteiger partial charge in [-0.3, -0.25) is 9.79 Å². The summed E-state index contributed by atoms with van der Waals surface area (Å²) in [4.78, 5) is 18.3. The van der Waals surface area contributed by atoms with Gasteiger partial charge in [-0.1, -0.05) is 30.3 Å². The van der Waals surface area contributed by atoms with Crippen LogP contribution in [0.5, 0.6) is 0 Å². The van der Waals surface area contributed by atoms with Gasteiger partial charge < -0.3 is 15.5 Å². The number of benzene rings is 1. The third-order valence-electron chi connectivity index (χ3n) is 3.69.